The van der Waals surface area contributed by atoms with E-state index in [1.54, 1.807) is 6.07 Å². The van der Waals surface area contributed by atoms with E-state index >= 15 is 0 Å². The van der Waals surface area contributed by atoms with Crippen molar-refractivity contribution in [3.63, 3.8) is 0 Å². The van der Waals surface area contributed by atoms with Gasteiger partial charge in [0.25, 0.3) is 0 Å². The molecule has 0 unspecified atom stereocenters. The van der Waals surface area contributed by atoms with Crippen molar-refractivity contribution in [2.24, 2.45) is 0 Å². The van der Waals surface area contributed by atoms with Crippen molar-refractivity contribution in [2.45, 2.75) is 5.16 Å². The average Bonchev–Trinajstić information content (AvgIpc) is 2.69. The molecule has 6 nitrogen and oxygen atoms in total. The predicted octanol–water partition coefficient (Wildman–Crippen LogP) is -0.326. The van der Waals surface area contributed by atoms with Gasteiger partial charge in [0.15, 0.2) is 0 Å². The van der Waals surface area contributed by atoms with Gasteiger partial charge in [0, 0.05) is 19.0 Å². The molecule has 0 N–H and O–H groups in total. The van der Waals surface area contributed by atoms with Crippen LogP contribution < -0.4 is 4.90 Å². The van der Waals surface area contributed by atoms with Crippen LogP contribution in [0.3, 0.4) is 0 Å². The molecule has 82 valence electrons. The van der Waals surface area contributed by atoms with Crippen LogP contribution in [0.1, 0.15) is 0 Å². The molecule has 1 saturated heterocycles. The molecule has 2 heterocycles. The smallest absolute Gasteiger partial charge is 0.248 e. The molecular formula is C8H11N3O3S. The Labute approximate surface area is 87.8 Å². The summed E-state index contributed by atoms with van der Waals surface area (Å²) in [6, 6.07) is 1.67. The van der Waals surface area contributed by atoms with Gasteiger partial charge in [-0.15, -0.1) is 0 Å². The number of aromatic nitrogens is 2. The number of sulfone groups is 1. The summed E-state index contributed by atoms with van der Waals surface area (Å²) in [6.07, 6.45) is 2.53. The summed E-state index contributed by atoms with van der Waals surface area (Å²) in [7, 11) is -3.34. The molecule has 0 saturated carbocycles. The fourth-order valence-corrected chi connectivity index (χ4v) is 1.79. The van der Waals surface area contributed by atoms with Crippen LogP contribution in [0.4, 0.5) is 5.82 Å². The third-order valence-corrected chi connectivity index (χ3v) is 2.89. The minimum Gasteiger partial charge on any atom is -0.359 e. The topological polar surface area (TPSA) is 72.4 Å². The molecule has 0 bridgehead atoms. The number of hydrogen-bond donors (Lipinski definition) is 0. The minimum atomic E-state index is -3.34. The zero-order valence-corrected chi connectivity index (χ0v) is 9.07. The molecule has 1 aromatic rings. The van der Waals surface area contributed by atoms with Crippen LogP contribution in [0.15, 0.2) is 17.4 Å². The maximum absolute atomic E-state index is 11.2. The van der Waals surface area contributed by atoms with E-state index in [0.29, 0.717) is 19.2 Å². The predicted molar refractivity (Wildman–Crippen MR) is 53.3 cm³/mol. The molecule has 0 atom stereocenters. The SMILES string of the molecule is CS(=O)(=O)c1nccc(N2CCOC2)n1. The van der Waals surface area contributed by atoms with Crippen molar-refractivity contribution in [3.8, 4) is 0 Å². The van der Waals surface area contributed by atoms with Crippen LogP contribution in [-0.4, -0.2) is 44.5 Å². The lowest BCUT2D eigenvalue weighted by molar-refractivity contribution is 0.201. The summed E-state index contributed by atoms with van der Waals surface area (Å²) < 4.78 is 27.6. The maximum Gasteiger partial charge on any atom is 0.248 e. The lowest BCUT2D eigenvalue weighted by Gasteiger charge is -2.13. The van der Waals surface area contributed by atoms with Gasteiger partial charge >= 0.3 is 0 Å². The highest BCUT2D eigenvalue weighted by Crippen LogP contribution is 2.14. The molecule has 0 aromatic carbocycles. The number of anilines is 1. The monoisotopic (exact) mass is 229 g/mol. The molecule has 0 radical (unpaired) electrons. The van der Waals surface area contributed by atoms with Crippen molar-refractivity contribution < 1.29 is 13.2 Å². The van der Waals surface area contributed by atoms with E-state index in [0.717, 1.165) is 12.8 Å². The molecular weight excluding hydrogens is 218 g/mol. The first kappa shape index (κ1) is 10.3. The van der Waals surface area contributed by atoms with Crippen LogP contribution in [0.25, 0.3) is 0 Å². The molecule has 0 spiro atoms. The first-order valence-corrected chi connectivity index (χ1v) is 6.32. The summed E-state index contributed by atoms with van der Waals surface area (Å²) in [6.45, 7) is 1.80. The third kappa shape index (κ3) is 2.24. The molecule has 2 rings (SSSR count). The van der Waals surface area contributed by atoms with Gasteiger partial charge in [-0.25, -0.2) is 18.4 Å². The number of rotatable bonds is 2. The Morgan fingerprint density at radius 3 is 2.93 bits per heavy atom. The molecule has 15 heavy (non-hydrogen) atoms. The van der Waals surface area contributed by atoms with Gasteiger partial charge in [-0.1, -0.05) is 0 Å². The van der Waals surface area contributed by atoms with Crippen LogP contribution in [0.5, 0.6) is 0 Å². The van der Waals surface area contributed by atoms with E-state index in [1.807, 2.05) is 4.90 Å². The van der Waals surface area contributed by atoms with Gasteiger partial charge in [-0.05, 0) is 6.07 Å². The Morgan fingerprint density at radius 2 is 2.33 bits per heavy atom. The highest BCUT2D eigenvalue weighted by molar-refractivity contribution is 7.90. The van der Waals surface area contributed by atoms with Gasteiger partial charge in [-0.2, -0.15) is 0 Å². The number of nitrogens with zero attached hydrogens (tertiary/aromatic N) is 3. The quantitative estimate of drug-likeness (QED) is 0.647. The first-order chi connectivity index (χ1) is 7.07. The van der Waals surface area contributed by atoms with E-state index in [4.69, 9.17) is 4.74 Å². The molecule has 7 heteroatoms. The van der Waals surface area contributed by atoms with E-state index in [2.05, 4.69) is 9.97 Å². The van der Waals surface area contributed by atoms with E-state index in [1.165, 1.54) is 6.20 Å². The standard InChI is InChI=1S/C8H11N3O3S/c1-15(12,13)8-9-3-2-7(10-8)11-4-5-14-6-11/h2-3H,4-6H2,1H3. The molecule has 0 amide bonds. The lowest BCUT2D eigenvalue weighted by Crippen LogP contribution is -2.21. The Kier molecular flexibility index (Phi) is 2.57. The summed E-state index contributed by atoms with van der Waals surface area (Å²) >= 11 is 0. The lowest BCUT2D eigenvalue weighted by atomic mass is 10.5. The third-order valence-electron chi connectivity index (χ3n) is 2.03. The number of ether oxygens (including phenoxy) is 1. The molecule has 0 aliphatic carbocycles. The second kappa shape index (κ2) is 3.74. The average molecular weight is 229 g/mol. The van der Waals surface area contributed by atoms with Crippen molar-refractivity contribution in [1.82, 2.24) is 9.97 Å². The molecule has 1 aromatic heterocycles. The van der Waals surface area contributed by atoms with Crippen molar-refractivity contribution in [2.75, 3.05) is 31.0 Å². The van der Waals surface area contributed by atoms with Gasteiger partial charge < -0.3 is 9.64 Å². The van der Waals surface area contributed by atoms with Crippen LogP contribution in [0.2, 0.25) is 0 Å². The molecule has 1 aliphatic rings. The van der Waals surface area contributed by atoms with Gasteiger partial charge in [-0.3, -0.25) is 0 Å². The highest BCUT2D eigenvalue weighted by atomic mass is 32.2. The summed E-state index contributed by atoms with van der Waals surface area (Å²) in [5, 5.41) is -0.146. The first-order valence-electron chi connectivity index (χ1n) is 4.43. The Bertz CT molecular complexity index is 454. The molecule has 1 aliphatic heterocycles. The zero-order chi connectivity index (χ0) is 10.9. The van der Waals surface area contributed by atoms with Crippen molar-refractivity contribution in [1.29, 1.82) is 0 Å². The normalized spacial score (nSPS) is 17.0. The van der Waals surface area contributed by atoms with Crippen LogP contribution in [0, 0.1) is 0 Å². The van der Waals surface area contributed by atoms with Gasteiger partial charge in [0.05, 0.1) is 6.61 Å². The largest absolute Gasteiger partial charge is 0.359 e. The van der Waals surface area contributed by atoms with E-state index in [9.17, 15) is 8.42 Å². The highest BCUT2D eigenvalue weighted by Gasteiger charge is 2.17. The maximum atomic E-state index is 11.2. The van der Waals surface area contributed by atoms with Crippen molar-refractivity contribution >= 4 is 15.7 Å². The van der Waals surface area contributed by atoms with Gasteiger partial charge in [0.2, 0.25) is 15.0 Å². The van der Waals surface area contributed by atoms with Crippen LogP contribution in [-0.2, 0) is 14.6 Å². The summed E-state index contributed by atoms with van der Waals surface area (Å²) in [4.78, 5) is 9.55. The Morgan fingerprint density at radius 1 is 1.53 bits per heavy atom. The zero-order valence-electron chi connectivity index (χ0n) is 8.25. The fourth-order valence-electron chi connectivity index (χ4n) is 1.28. The van der Waals surface area contributed by atoms with E-state index < -0.39 is 9.84 Å². The van der Waals surface area contributed by atoms with Gasteiger partial charge in [0.1, 0.15) is 12.5 Å². The number of hydrogen-bond acceptors (Lipinski definition) is 6. The molecule has 1 fully saturated rings. The fraction of sp³-hybridized carbons (Fsp3) is 0.500. The minimum absolute atomic E-state index is 0.146. The Balaban J connectivity index is 2.34. The van der Waals surface area contributed by atoms with E-state index in [-0.39, 0.29) is 5.16 Å². The summed E-state index contributed by atoms with van der Waals surface area (Å²) in [5.74, 6) is 0.586. The summed E-state index contributed by atoms with van der Waals surface area (Å²) in [5.41, 5.74) is 0. The van der Waals surface area contributed by atoms with Crippen molar-refractivity contribution in [3.05, 3.63) is 12.3 Å². The second-order valence-electron chi connectivity index (χ2n) is 3.27. The Hall–Kier alpha value is -1.21. The van der Waals surface area contributed by atoms with Crippen LogP contribution >= 0.6 is 0 Å². The second-order valence-corrected chi connectivity index (χ2v) is 5.18.